The smallest absolute Gasteiger partial charge is 0.239 e. The van der Waals surface area contributed by atoms with Crippen LogP contribution < -0.4 is 10.6 Å². The Balaban J connectivity index is 2.63. The Morgan fingerprint density at radius 1 is 1.53 bits per heavy atom. The van der Waals surface area contributed by atoms with Crippen LogP contribution in [0.25, 0.3) is 0 Å². The van der Waals surface area contributed by atoms with Crippen LogP contribution in [0.15, 0.2) is 12.1 Å². The number of anilines is 1. The SMILES string of the molecule is CCNCC(=O)Nc1nc(C)ccc1O. The van der Waals surface area contributed by atoms with Crippen LogP contribution in [0.2, 0.25) is 0 Å². The van der Waals surface area contributed by atoms with Crippen LogP contribution >= 0.6 is 0 Å². The third-order valence-corrected chi connectivity index (χ3v) is 1.81. The molecule has 0 aliphatic rings. The van der Waals surface area contributed by atoms with Crippen molar-refractivity contribution in [2.24, 2.45) is 0 Å². The molecule has 0 unspecified atom stereocenters. The molecule has 15 heavy (non-hydrogen) atoms. The van der Waals surface area contributed by atoms with Crippen LogP contribution in [0.1, 0.15) is 12.6 Å². The van der Waals surface area contributed by atoms with E-state index in [2.05, 4.69) is 15.6 Å². The topological polar surface area (TPSA) is 74.2 Å². The Kier molecular flexibility index (Phi) is 4.05. The van der Waals surface area contributed by atoms with Gasteiger partial charge in [-0.15, -0.1) is 0 Å². The van der Waals surface area contributed by atoms with Gasteiger partial charge in [-0.1, -0.05) is 6.92 Å². The number of aromatic hydroxyl groups is 1. The van der Waals surface area contributed by atoms with Crippen molar-refractivity contribution in [3.05, 3.63) is 17.8 Å². The Morgan fingerprint density at radius 2 is 2.27 bits per heavy atom. The molecule has 5 heteroatoms. The van der Waals surface area contributed by atoms with Gasteiger partial charge in [-0.05, 0) is 25.6 Å². The predicted molar refractivity (Wildman–Crippen MR) is 57.8 cm³/mol. The number of aromatic nitrogens is 1. The van der Waals surface area contributed by atoms with Crippen molar-refractivity contribution in [3.8, 4) is 5.75 Å². The molecule has 0 radical (unpaired) electrons. The average Bonchev–Trinajstić information content (AvgIpc) is 2.20. The van der Waals surface area contributed by atoms with Gasteiger partial charge in [0.25, 0.3) is 0 Å². The highest BCUT2D eigenvalue weighted by Gasteiger charge is 2.06. The van der Waals surface area contributed by atoms with E-state index in [4.69, 9.17) is 0 Å². The molecule has 1 rings (SSSR count). The van der Waals surface area contributed by atoms with Crippen LogP contribution in [-0.2, 0) is 4.79 Å². The highest BCUT2D eigenvalue weighted by molar-refractivity contribution is 5.92. The van der Waals surface area contributed by atoms with Crippen molar-refractivity contribution in [3.63, 3.8) is 0 Å². The molecule has 1 aromatic heterocycles. The number of nitrogens with one attached hydrogen (secondary N) is 2. The first-order chi connectivity index (χ1) is 7.13. The van der Waals surface area contributed by atoms with E-state index < -0.39 is 0 Å². The maximum absolute atomic E-state index is 11.3. The van der Waals surface area contributed by atoms with Crippen molar-refractivity contribution < 1.29 is 9.90 Å². The Morgan fingerprint density at radius 3 is 2.93 bits per heavy atom. The third-order valence-electron chi connectivity index (χ3n) is 1.81. The largest absolute Gasteiger partial charge is 0.504 e. The number of hydrogen-bond acceptors (Lipinski definition) is 4. The summed E-state index contributed by atoms with van der Waals surface area (Å²) in [6, 6.07) is 3.18. The minimum Gasteiger partial charge on any atom is -0.504 e. The van der Waals surface area contributed by atoms with Gasteiger partial charge in [-0.2, -0.15) is 0 Å². The number of aryl methyl sites for hydroxylation is 1. The number of carbonyl (C=O) groups is 1. The summed E-state index contributed by atoms with van der Waals surface area (Å²) in [4.78, 5) is 15.3. The molecular formula is C10H15N3O2. The minimum atomic E-state index is -0.217. The standard InChI is InChI=1S/C10H15N3O2/c1-3-11-6-9(15)13-10-8(14)5-4-7(2)12-10/h4-5,11,14H,3,6H2,1-2H3,(H,12,13,15). The Bertz CT molecular complexity index is 353. The number of rotatable bonds is 4. The number of amides is 1. The summed E-state index contributed by atoms with van der Waals surface area (Å²) in [5.41, 5.74) is 0.742. The van der Waals surface area contributed by atoms with Gasteiger partial charge in [0, 0.05) is 5.69 Å². The van der Waals surface area contributed by atoms with Crippen LogP contribution in [-0.4, -0.2) is 29.1 Å². The zero-order valence-corrected chi connectivity index (χ0v) is 8.87. The average molecular weight is 209 g/mol. The third kappa shape index (κ3) is 3.55. The van der Waals surface area contributed by atoms with E-state index in [9.17, 15) is 9.90 Å². The van der Waals surface area contributed by atoms with Crippen LogP contribution in [0.5, 0.6) is 5.75 Å². The van der Waals surface area contributed by atoms with Crippen LogP contribution in [0.4, 0.5) is 5.82 Å². The second-order valence-electron chi connectivity index (χ2n) is 3.15. The van der Waals surface area contributed by atoms with Gasteiger partial charge in [-0.25, -0.2) is 4.98 Å². The summed E-state index contributed by atoms with van der Waals surface area (Å²) < 4.78 is 0. The molecule has 0 saturated heterocycles. The predicted octanol–water partition coefficient (Wildman–Crippen LogP) is 0.644. The summed E-state index contributed by atoms with van der Waals surface area (Å²) in [6.45, 7) is 4.64. The van der Waals surface area contributed by atoms with Crippen LogP contribution in [0.3, 0.4) is 0 Å². The molecule has 3 N–H and O–H groups in total. The second-order valence-corrected chi connectivity index (χ2v) is 3.15. The van der Waals surface area contributed by atoms with Gasteiger partial charge in [0.1, 0.15) is 0 Å². The van der Waals surface area contributed by atoms with E-state index >= 15 is 0 Å². The molecule has 5 nitrogen and oxygen atoms in total. The first-order valence-corrected chi connectivity index (χ1v) is 4.80. The lowest BCUT2D eigenvalue weighted by molar-refractivity contribution is -0.115. The lowest BCUT2D eigenvalue weighted by atomic mass is 10.3. The van der Waals surface area contributed by atoms with Crippen molar-refractivity contribution in [2.75, 3.05) is 18.4 Å². The molecule has 0 aliphatic heterocycles. The highest BCUT2D eigenvalue weighted by atomic mass is 16.3. The molecule has 0 atom stereocenters. The lowest BCUT2D eigenvalue weighted by Gasteiger charge is -2.07. The van der Waals surface area contributed by atoms with Crippen molar-refractivity contribution in [2.45, 2.75) is 13.8 Å². The first-order valence-electron chi connectivity index (χ1n) is 4.80. The number of nitrogens with zero attached hydrogens (tertiary/aromatic N) is 1. The molecule has 1 amide bonds. The first kappa shape index (κ1) is 11.5. The normalized spacial score (nSPS) is 10.0. The van der Waals surface area contributed by atoms with Crippen molar-refractivity contribution >= 4 is 11.7 Å². The van der Waals surface area contributed by atoms with Crippen LogP contribution in [0, 0.1) is 6.92 Å². The number of hydrogen-bond donors (Lipinski definition) is 3. The van der Waals surface area contributed by atoms with Gasteiger partial charge in [-0.3, -0.25) is 4.79 Å². The molecule has 1 heterocycles. The van der Waals surface area contributed by atoms with E-state index in [0.29, 0.717) is 0 Å². The highest BCUT2D eigenvalue weighted by Crippen LogP contribution is 2.19. The molecule has 82 valence electrons. The molecule has 1 aromatic rings. The molecule has 0 aliphatic carbocycles. The number of likely N-dealkylation sites (N-methyl/N-ethyl adjacent to an activating group) is 1. The Labute approximate surface area is 88.5 Å². The fraction of sp³-hybridized carbons (Fsp3) is 0.400. The lowest BCUT2D eigenvalue weighted by Crippen LogP contribution is -2.28. The molecule has 0 spiro atoms. The van der Waals surface area contributed by atoms with Gasteiger partial charge >= 0.3 is 0 Å². The van der Waals surface area contributed by atoms with E-state index in [1.54, 1.807) is 13.0 Å². The van der Waals surface area contributed by atoms with Gasteiger partial charge in [0.15, 0.2) is 11.6 Å². The van der Waals surface area contributed by atoms with E-state index in [1.807, 2.05) is 6.92 Å². The monoisotopic (exact) mass is 209 g/mol. The summed E-state index contributed by atoms with van der Waals surface area (Å²) >= 11 is 0. The molecular weight excluding hydrogens is 194 g/mol. The molecule has 0 aromatic carbocycles. The van der Waals surface area contributed by atoms with Crippen molar-refractivity contribution in [1.29, 1.82) is 0 Å². The minimum absolute atomic E-state index is 0.0227. The fourth-order valence-electron chi connectivity index (χ4n) is 1.06. The summed E-state index contributed by atoms with van der Waals surface area (Å²) in [5, 5.41) is 14.8. The maximum Gasteiger partial charge on any atom is 0.239 e. The number of carbonyl (C=O) groups excluding carboxylic acids is 1. The number of pyridine rings is 1. The summed E-state index contributed by atoms with van der Waals surface area (Å²) in [7, 11) is 0. The van der Waals surface area contributed by atoms with Gasteiger partial charge in [0.05, 0.1) is 6.54 Å². The second kappa shape index (κ2) is 5.31. The van der Waals surface area contributed by atoms with E-state index in [1.165, 1.54) is 6.07 Å². The van der Waals surface area contributed by atoms with E-state index in [0.717, 1.165) is 12.2 Å². The Hall–Kier alpha value is -1.62. The van der Waals surface area contributed by atoms with E-state index in [-0.39, 0.29) is 24.0 Å². The zero-order valence-electron chi connectivity index (χ0n) is 8.87. The molecule has 0 bridgehead atoms. The zero-order chi connectivity index (χ0) is 11.3. The van der Waals surface area contributed by atoms with Crippen molar-refractivity contribution in [1.82, 2.24) is 10.3 Å². The summed E-state index contributed by atoms with van der Waals surface area (Å²) in [5.74, 6) is -0.0337. The molecule has 0 saturated carbocycles. The molecule has 0 fully saturated rings. The maximum atomic E-state index is 11.3. The fourth-order valence-corrected chi connectivity index (χ4v) is 1.06. The van der Waals surface area contributed by atoms with Gasteiger partial charge < -0.3 is 15.7 Å². The quantitative estimate of drug-likeness (QED) is 0.680. The van der Waals surface area contributed by atoms with Gasteiger partial charge in [0.2, 0.25) is 5.91 Å². The summed E-state index contributed by atoms with van der Waals surface area (Å²) in [6.07, 6.45) is 0.